The van der Waals surface area contributed by atoms with Crippen LogP contribution in [-0.4, -0.2) is 61.3 Å². The summed E-state index contributed by atoms with van der Waals surface area (Å²) in [6.07, 6.45) is -0.715. The van der Waals surface area contributed by atoms with Crippen molar-refractivity contribution in [1.82, 2.24) is 9.88 Å². The van der Waals surface area contributed by atoms with Gasteiger partial charge in [-0.05, 0) is 50.3 Å². The highest BCUT2D eigenvalue weighted by atomic mass is 35.5. The van der Waals surface area contributed by atoms with Crippen LogP contribution in [0.1, 0.15) is 20.8 Å². The van der Waals surface area contributed by atoms with Crippen molar-refractivity contribution in [3.8, 4) is 17.2 Å². The van der Waals surface area contributed by atoms with Crippen LogP contribution in [0.5, 0.6) is 17.2 Å². The fraction of sp³-hybridized carbons (Fsp3) is 0.417. The van der Waals surface area contributed by atoms with Crippen molar-refractivity contribution in [3.05, 3.63) is 42.5 Å². The average molecular weight is 492 g/mol. The number of ether oxygens (including phenoxy) is 3. The van der Waals surface area contributed by atoms with Crippen molar-refractivity contribution in [2.75, 3.05) is 44.3 Å². The van der Waals surface area contributed by atoms with Gasteiger partial charge in [-0.25, -0.2) is 4.98 Å². The Kier molecular flexibility index (Phi) is 8.77. The third-order valence-electron chi connectivity index (χ3n) is 5.47. The number of aromatic nitrogens is 1. The molecule has 1 amide bonds. The predicted molar refractivity (Wildman–Crippen MR) is 135 cm³/mol. The monoisotopic (exact) mass is 491 g/mol. The highest BCUT2D eigenvalue weighted by molar-refractivity contribution is 7.22. The third-order valence-corrected chi connectivity index (χ3v) is 6.52. The van der Waals surface area contributed by atoms with Crippen LogP contribution in [0, 0.1) is 0 Å². The molecule has 0 bridgehead atoms. The summed E-state index contributed by atoms with van der Waals surface area (Å²) in [6.45, 7) is 10.1. The molecule has 1 aliphatic rings. The number of halogens is 1. The van der Waals surface area contributed by atoms with Crippen molar-refractivity contribution in [1.29, 1.82) is 0 Å². The van der Waals surface area contributed by atoms with E-state index in [4.69, 9.17) is 19.2 Å². The van der Waals surface area contributed by atoms with Gasteiger partial charge in [0.1, 0.15) is 12.4 Å². The lowest BCUT2D eigenvalue weighted by molar-refractivity contribution is -0.127. The summed E-state index contributed by atoms with van der Waals surface area (Å²) in [5.74, 6) is 1.91. The maximum Gasteiger partial charge on any atom is 0.273 e. The van der Waals surface area contributed by atoms with Gasteiger partial charge in [-0.15, -0.1) is 12.4 Å². The molecule has 0 saturated carbocycles. The number of hydrogen-bond acceptors (Lipinski definition) is 7. The zero-order chi connectivity index (χ0) is 22.5. The van der Waals surface area contributed by atoms with Crippen LogP contribution in [0.4, 0.5) is 5.13 Å². The zero-order valence-corrected chi connectivity index (χ0v) is 20.8. The first kappa shape index (κ1) is 25.1. The Balaban J connectivity index is 0.00000306. The number of carbonyl (C=O) groups is 1. The molecule has 1 aromatic heterocycles. The molecule has 9 heteroatoms. The average Bonchev–Trinajstić information content (AvgIpc) is 3.24. The molecular formula is C24H30ClN3O4S. The van der Waals surface area contributed by atoms with Gasteiger partial charge in [0.15, 0.2) is 16.6 Å². The Bertz CT molecular complexity index is 1070. The van der Waals surface area contributed by atoms with Gasteiger partial charge in [0, 0.05) is 13.1 Å². The number of likely N-dealkylation sites (N-methyl/N-ethyl adjacent to an activating group) is 1. The van der Waals surface area contributed by atoms with Crippen molar-refractivity contribution in [2.24, 2.45) is 0 Å². The highest BCUT2D eigenvalue weighted by Gasteiger charge is 2.33. The molecule has 33 heavy (non-hydrogen) atoms. The molecule has 2 aromatic carbocycles. The number of benzene rings is 2. The molecule has 7 nitrogen and oxygen atoms in total. The first-order chi connectivity index (χ1) is 15.6. The van der Waals surface area contributed by atoms with Gasteiger partial charge in [0.25, 0.3) is 5.91 Å². The van der Waals surface area contributed by atoms with E-state index >= 15 is 0 Å². The van der Waals surface area contributed by atoms with Crippen molar-refractivity contribution in [3.63, 3.8) is 0 Å². The first-order valence-electron chi connectivity index (χ1n) is 11.1. The van der Waals surface area contributed by atoms with Crippen LogP contribution in [0.15, 0.2) is 42.5 Å². The van der Waals surface area contributed by atoms with Gasteiger partial charge in [-0.2, -0.15) is 0 Å². The Hall–Kier alpha value is -2.55. The summed E-state index contributed by atoms with van der Waals surface area (Å²) < 4.78 is 18.4. The van der Waals surface area contributed by atoms with Gasteiger partial charge >= 0.3 is 0 Å². The van der Waals surface area contributed by atoms with Crippen LogP contribution < -0.4 is 19.1 Å². The van der Waals surface area contributed by atoms with Gasteiger partial charge in [-0.3, -0.25) is 9.69 Å². The standard InChI is InChI=1S/C24H29N3O4S.ClH/c1-4-26(5-2)13-14-27(23(28)21-16-30-19-9-7-8-10-20(19)31-21)24-25-18-12-11-17(29-6-3)15-22(18)32-24;/h7-12,15,21H,4-6,13-14,16H2,1-3H3;1H. The molecule has 0 N–H and O–H groups in total. The van der Waals surface area contributed by atoms with E-state index in [0.717, 1.165) is 35.6 Å². The highest BCUT2D eigenvalue weighted by Crippen LogP contribution is 2.34. The van der Waals surface area contributed by atoms with Crippen molar-refractivity contribution in [2.45, 2.75) is 26.9 Å². The van der Waals surface area contributed by atoms with E-state index in [-0.39, 0.29) is 24.9 Å². The summed E-state index contributed by atoms with van der Waals surface area (Å²) in [5, 5.41) is 0.660. The summed E-state index contributed by atoms with van der Waals surface area (Å²) in [4.78, 5) is 22.4. The SMILES string of the molecule is CCOc1ccc2nc(N(CCN(CC)CC)C(=O)C3COc4ccccc4O3)sc2c1.Cl. The molecule has 0 radical (unpaired) electrons. The molecule has 2 heterocycles. The molecule has 1 aliphatic heterocycles. The molecule has 4 rings (SSSR count). The van der Waals surface area contributed by atoms with Crippen molar-refractivity contribution < 1.29 is 19.0 Å². The van der Waals surface area contributed by atoms with E-state index in [9.17, 15) is 4.79 Å². The number of thiazole rings is 1. The Morgan fingerprint density at radius 2 is 1.88 bits per heavy atom. The smallest absolute Gasteiger partial charge is 0.273 e. The molecule has 1 atom stereocenters. The molecule has 3 aromatic rings. The maximum absolute atomic E-state index is 13.6. The number of rotatable bonds is 9. The quantitative estimate of drug-likeness (QED) is 0.435. The van der Waals surface area contributed by atoms with E-state index in [1.807, 2.05) is 49.4 Å². The second-order valence-electron chi connectivity index (χ2n) is 7.44. The topological polar surface area (TPSA) is 64.1 Å². The second-order valence-corrected chi connectivity index (χ2v) is 8.45. The van der Waals surface area contributed by atoms with Crippen LogP contribution >= 0.6 is 23.7 Å². The third kappa shape index (κ3) is 5.69. The minimum Gasteiger partial charge on any atom is -0.494 e. The predicted octanol–water partition coefficient (Wildman–Crippen LogP) is 4.63. The molecule has 1 unspecified atom stereocenters. The van der Waals surface area contributed by atoms with Gasteiger partial charge in [0.05, 0.1) is 16.8 Å². The molecule has 0 spiro atoms. The number of hydrogen-bond donors (Lipinski definition) is 0. The fourth-order valence-electron chi connectivity index (χ4n) is 3.66. The van der Waals surface area contributed by atoms with E-state index in [1.165, 1.54) is 11.3 Å². The Labute approximate surface area is 204 Å². The lowest BCUT2D eigenvalue weighted by Crippen LogP contribution is -2.48. The van der Waals surface area contributed by atoms with Gasteiger partial charge < -0.3 is 19.1 Å². The number of anilines is 1. The van der Waals surface area contributed by atoms with Crippen LogP contribution in [-0.2, 0) is 4.79 Å². The number of fused-ring (bicyclic) bond motifs is 2. The summed E-state index contributed by atoms with van der Waals surface area (Å²) in [7, 11) is 0. The summed E-state index contributed by atoms with van der Waals surface area (Å²) in [5.41, 5.74) is 0.847. The van der Waals surface area contributed by atoms with E-state index < -0.39 is 6.10 Å². The minimum absolute atomic E-state index is 0. The summed E-state index contributed by atoms with van der Waals surface area (Å²) in [6, 6.07) is 13.2. The Morgan fingerprint density at radius 1 is 1.12 bits per heavy atom. The lowest BCUT2D eigenvalue weighted by Gasteiger charge is -2.30. The molecule has 0 fully saturated rings. The first-order valence-corrected chi connectivity index (χ1v) is 11.9. The van der Waals surface area contributed by atoms with Crippen LogP contribution in [0.25, 0.3) is 10.2 Å². The molecule has 0 saturated heterocycles. The van der Waals surface area contributed by atoms with Gasteiger partial charge in [-0.1, -0.05) is 37.3 Å². The summed E-state index contributed by atoms with van der Waals surface area (Å²) >= 11 is 1.49. The van der Waals surface area contributed by atoms with Crippen LogP contribution in [0.3, 0.4) is 0 Å². The number of amides is 1. The second kappa shape index (κ2) is 11.5. The number of nitrogens with zero attached hydrogens (tertiary/aromatic N) is 3. The lowest BCUT2D eigenvalue weighted by atomic mass is 10.2. The van der Waals surface area contributed by atoms with E-state index in [1.54, 1.807) is 4.90 Å². The van der Waals surface area contributed by atoms with E-state index in [0.29, 0.717) is 29.8 Å². The molecule has 0 aliphatic carbocycles. The molecule has 178 valence electrons. The normalized spacial score (nSPS) is 14.7. The molecular weight excluding hydrogens is 462 g/mol. The van der Waals surface area contributed by atoms with Crippen molar-refractivity contribution >= 4 is 45.0 Å². The van der Waals surface area contributed by atoms with E-state index in [2.05, 4.69) is 18.7 Å². The largest absolute Gasteiger partial charge is 0.494 e. The maximum atomic E-state index is 13.6. The number of para-hydroxylation sites is 2. The van der Waals surface area contributed by atoms with Crippen LogP contribution in [0.2, 0.25) is 0 Å². The minimum atomic E-state index is -0.715. The Morgan fingerprint density at radius 3 is 2.61 bits per heavy atom. The zero-order valence-electron chi connectivity index (χ0n) is 19.2. The fourth-order valence-corrected chi connectivity index (χ4v) is 4.69. The number of carbonyl (C=O) groups excluding carboxylic acids is 1. The van der Waals surface area contributed by atoms with Gasteiger partial charge in [0.2, 0.25) is 6.10 Å².